The van der Waals surface area contributed by atoms with E-state index < -0.39 is 0 Å². The summed E-state index contributed by atoms with van der Waals surface area (Å²) in [6.45, 7) is 4.25. The second kappa shape index (κ2) is 6.19. The first kappa shape index (κ1) is 14.1. The van der Waals surface area contributed by atoms with Gasteiger partial charge in [-0.3, -0.25) is 4.99 Å². The lowest BCUT2D eigenvalue weighted by Crippen LogP contribution is -1.99. The molecule has 20 heavy (non-hydrogen) atoms. The molecule has 0 saturated heterocycles. The van der Waals surface area contributed by atoms with Gasteiger partial charge in [0.2, 0.25) is 0 Å². The number of hydrogen-bond donors (Lipinski definition) is 0. The van der Waals surface area contributed by atoms with E-state index in [-0.39, 0.29) is 5.97 Å². The number of nitrogens with zero attached hydrogens (tertiary/aromatic N) is 2. The van der Waals surface area contributed by atoms with Gasteiger partial charge in [-0.1, -0.05) is 6.07 Å². The van der Waals surface area contributed by atoms with Gasteiger partial charge in [-0.15, -0.1) is 0 Å². The number of hydrogen-bond acceptors (Lipinski definition) is 3. The van der Waals surface area contributed by atoms with Gasteiger partial charge in [0.25, 0.3) is 0 Å². The Balaban J connectivity index is 2.16. The second-order valence-corrected chi connectivity index (χ2v) is 4.79. The maximum Gasteiger partial charge on any atom is 0.337 e. The van der Waals surface area contributed by atoms with E-state index in [2.05, 4.69) is 28.1 Å². The smallest absolute Gasteiger partial charge is 0.337 e. The molecule has 0 radical (unpaired) electrons. The largest absolute Gasteiger partial charge is 0.465 e. The average Bonchev–Trinajstić information content (AvgIpc) is 2.93. The van der Waals surface area contributed by atoms with Gasteiger partial charge in [0.05, 0.1) is 18.4 Å². The van der Waals surface area contributed by atoms with E-state index in [1.165, 1.54) is 7.11 Å². The van der Waals surface area contributed by atoms with Crippen molar-refractivity contribution in [3.63, 3.8) is 0 Å². The van der Waals surface area contributed by atoms with Gasteiger partial charge in [0.1, 0.15) is 0 Å². The van der Waals surface area contributed by atoms with Crippen molar-refractivity contribution in [2.45, 2.75) is 19.9 Å². The van der Waals surface area contributed by atoms with Gasteiger partial charge in [-0.05, 0) is 38.1 Å². The van der Waals surface area contributed by atoms with Crippen LogP contribution in [0.4, 0.5) is 5.69 Å². The van der Waals surface area contributed by atoms with Crippen molar-refractivity contribution in [3.8, 4) is 0 Å². The van der Waals surface area contributed by atoms with Crippen molar-refractivity contribution >= 4 is 17.9 Å². The molecule has 0 unspecified atom stereocenters. The number of aromatic nitrogens is 1. The van der Waals surface area contributed by atoms with Crippen molar-refractivity contribution in [2.75, 3.05) is 7.11 Å². The van der Waals surface area contributed by atoms with Crippen LogP contribution < -0.4 is 0 Å². The van der Waals surface area contributed by atoms with Crippen LogP contribution in [-0.4, -0.2) is 23.9 Å². The van der Waals surface area contributed by atoms with E-state index in [0.29, 0.717) is 11.6 Å². The maximum absolute atomic E-state index is 11.4. The number of esters is 1. The molecule has 0 saturated carbocycles. The number of aliphatic imine (C=N–C) groups is 1. The summed E-state index contributed by atoms with van der Waals surface area (Å²) in [6.07, 6.45) is 5.85. The molecule has 0 amide bonds. The third-order valence-corrected chi connectivity index (χ3v) is 2.96. The van der Waals surface area contributed by atoms with Crippen molar-refractivity contribution in [2.24, 2.45) is 4.99 Å². The van der Waals surface area contributed by atoms with Crippen molar-refractivity contribution in [1.82, 2.24) is 4.57 Å². The zero-order valence-electron chi connectivity index (χ0n) is 11.9. The molecular weight excluding hydrogens is 252 g/mol. The van der Waals surface area contributed by atoms with Crippen LogP contribution >= 0.6 is 0 Å². The van der Waals surface area contributed by atoms with Gasteiger partial charge in [0.15, 0.2) is 0 Å². The molecule has 0 spiro atoms. The summed E-state index contributed by atoms with van der Waals surface area (Å²) in [4.78, 5) is 15.8. The highest BCUT2D eigenvalue weighted by Gasteiger charge is 2.04. The Morgan fingerprint density at radius 2 is 2.15 bits per heavy atom. The Morgan fingerprint density at radius 1 is 1.35 bits per heavy atom. The molecule has 1 heterocycles. The summed E-state index contributed by atoms with van der Waals surface area (Å²) in [6, 6.07) is 9.50. The van der Waals surface area contributed by atoms with Gasteiger partial charge < -0.3 is 9.30 Å². The summed E-state index contributed by atoms with van der Waals surface area (Å²) >= 11 is 0. The molecule has 0 aliphatic carbocycles. The van der Waals surface area contributed by atoms with Gasteiger partial charge in [-0.2, -0.15) is 0 Å². The third kappa shape index (κ3) is 3.35. The molecule has 1 aromatic carbocycles. The second-order valence-electron chi connectivity index (χ2n) is 4.79. The number of carbonyl (C=O) groups excluding carboxylic acids is 1. The molecule has 0 fully saturated rings. The Labute approximate surface area is 118 Å². The standard InChI is InChI=1S/C16H18N2O2/c1-12(2)18-8-7-13(11-18)10-17-15-6-4-5-14(9-15)16(19)20-3/h4-12H,1-3H3. The number of methoxy groups -OCH3 is 1. The fourth-order valence-corrected chi connectivity index (χ4v) is 1.81. The lowest BCUT2D eigenvalue weighted by molar-refractivity contribution is 0.0601. The molecule has 2 rings (SSSR count). The number of benzene rings is 1. The normalized spacial score (nSPS) is 11.2. The number of carbonyl (C=O) groups is 1. The van der Waals surface area contributed by atoms with E-state index >= 15 is 0 Å². The maximum atomic E-state index is 11.4. The minimum atomic E-state index is -0.354. The third-order valence-electron chi connectivity index (χ3n) is 2.96. The van der Waals surface area contributed by atoms with Crippen LogP contribution in [0.25, 0.3) is 0 Å². The first-order chi connectivity index (χ1) is 9.60. The molecule has 0 bridgehead atoms. The number of ether oxygens (including phenoxy) is 1. The zero-order chi connectivity index (χ0) is 14.5. The highest BCUT2D eigenvalue weighted by molar-refractivity contribution is 5.90. The summed E-state index contributed by atoms with van der Waals surface area (Å²) < 4.78 is 6.81. The summed E-state index contributed by atoms with van der Waals surface area (Å²) in [5, 5.41) is 0. The molecule has 2 aromatic rings. The molecule has 1 aromatic heterocycles. The summed E-state index contributed by atoms with van der Waals surface area (Å²) in [5.41, 5.74) is 2.26. The highest BCUT2D eigenvalue weighted by Crippen LogP contribution is 2.15. The van der Waals surface area contributed by atoms with Gasteiger partial charge in [0, 0.05) is 30.2 Å². The predicted molar refractivity (Wildman–Crippen MR) is 79.9 cm³/mol. The predicted octanol–water partition coefficient (Wildman–Crippen LogP) is 3.61. The van der Waals surface area contributed by atoms with Crippen LogP contribution in [0.2, 0.25) is 0 Å². The fourth-order valence-electron chi connectivity index (χ4n) is 1.81. The topological polar surface area (TPSA) is 43.6 Å². The Hall–Kier alpha value is -2.36. The Morgan fingerprint density at radius 3 is 2.80 bits per heavy atom. The van der Waals surface area contributed by atoms with Crippen LogP contribution in [0, 0.1) is 0 Å². The fraction of sp³-hybridized carbons (Fsp3) is 0.250. The van der Waals surface area contributed by atoms with E-state index in [1.807, 2.05) is 24.5 Å². The van der Waals surface area contributed by atoms with Crippen molar-refractivity contribution in [1.29, 1.82) is 0 Å². The number of rotatable bonds is 4. The summed E-state index contributed by atoms with van der Waals surface area (Å²) in [5.74, 6) is -0.354. The molecule has 0 N–H and O–H groups in total. The van der Waals surface area contributed by atoms with E-state index in [9.17, 15) is 4.79 Å². The highest BCUT2D eigenvalue weighted by atomic mass is 16.5. The minimum Gasteiger partial charge on any atom is -0.465 e. The van der Waals surface area contributed by atoms with E-state index in [1.54, 1.807) is 24.4 Å². The van der Waals surface area contributed by atoms with E-state index in [0.717, 1.165) is 11.3 Å². The molecule has 4 nitrogen and oxygen atoms in total. The Bertz CT molecular complexity index is 627. The van der Waals surface area contributed by atoms with Crippen LogP contribution in [0.5, 0.6) is 0 Å². The quantitative estimate of drug-likeness (QED) is 0.629. The molecule has 0 atom stereocenters. The monoisotopic (exact) mass is 270 g/mol. The molecule has 104 valence electrons. The summed E-state index contributed by atoms with van der Waals surface area (Å²) in [7, 11) is 1.37. The van der Waals surface area contributed by atoms with Crippen LogP contribution in [0.3, 0.4) is 0 Å². The zero-order valence-corrected chi connectivity index (χ0v) is 11.9. The Kier molecular flexibility index (Phi) is 4.35. The minimum absolute atomic E-state index is 0.354. The molecular formula is C16H18N2O2. The molecule has 0 aliphatic rings. The first-order valence-corrected chi connectivity index (χ1v) is 6.50. The van der Waals surface area contributed by atoms with Crippen LogP contribution in [0.15, 0.2) is 47.7 Å². The van der Waals surface area contributed by atoms with Crippen molar-refractivity contribution in [3.05, 3.63) is 53.9 Å². The van der Waals surface area contributed by atoms with Gasteiger partial charge >= 0.3 is 5.97 Å². The van der Waals surface area contributed by atoms with Gasteiger partial charge in [-0.25, -0.2) is 4.79 Å². The van der Waals surface area contributed by atoms with Crippen LogP contribution in [0.1, 0.15) is 35.8 Å². The molecule has 4 heteroatoms. The lowest BCUT2D eigenvalue weighted by atomic mass is 10.2. The SMILES string of the molecule is COC(=O)c1cccc(N=Cc2ccn(C(C)C)c2)c1. The first-order valence-electron chi connectivity index (χ1n) is 6.50. The lowest BCUT2D eigenvalue weighted by Gasteiger charge is -2.04. The van der Waals surface area contributed by atoms with E-state index in [4.69, 9.17) is 0 Å². The molecule has 0 aliphatic heterocycles. The average molecular weight is 270 g/mol. The van der Waals surface area contributed by atoms with Crippen molar-refractivity contribution < 1.29 is 9.53 Å². The van der Waals surface area contributed by atoms with Crippen LogP contribution in [-0.2, 0) is 4.74 Å².